The molecule has 0 spiro atoms. The molecule has 3 heteroatoms. The van der Waals surface area contributed by atoms with E-state index in [1.165, 1.54) is 31.4 Å². The summed E-state index contributed by atoms with van der Waals surface area (Å²) in [5.41, 5.74) is 0.713. The van der Waals surface area contributed by atoms with Crippen molar-refractivity contribution in [2.24, 2.45) is 29.6 Å². The van der Waals surface area contributed by atoms with Gasteiger partial charge in [-0.25, -0.2) is 8.78 Å². The Morgan fingerprint density at radius 1 is 1.11 bits per heavy atom. The average Bonchev–Trinajstić information content (AvgIpc) is 2.81. The summed E-state index contributed by atoms with van der Waals surface area (Å²) >= 11 is 6.49. The summed E-state index contributed by atoms with van der Waals surface area (Å²) in [6.45, 7) is 1.58. The van der Waals surface area contributed by atoms with Crippen LogP contribution in [0.25, 0.3) is 0 Å². The quantitative estimate of drug-likeness (QED) is 0.681. The zero-order valence-electron chi connectivity index (χ0n) is 10.9. The largest absolute Gasteiger partial charge is 0.207 e. The molecule has 4 rings (SSSR count). The number of alkyl halides is 1. The second-order valence-electron chi connectivity index (χ2n) is 6.59. The van der Waals surface area contributed by atoms with Crippen molar-refractivity contribution in [3.05, 3.63) is 34.9 Å². The van der Waals surface area contributed by atoms with E-state index in [4.69, 9.17) is 11.6 Å². The van der Waals surface area contributed by atoms with Crippen LogP contribution in [0, 0.1) is 48.1 Å². The average molecular weight is 283 g/mol. The number of fused-ring (bicyclic) bond motifs is 5. The van der Waals surface area contributed by atoms with Crippen LogP contribution < -0.4 is 0 Å². The van der Waals surface area contributed by atoms with Crippen LogP contribution in [0.2, 0.25) is 0 Å². The van der Waals surface area contributed by atoms with Gasteiger partial charge in [0, 0.05) is 5.56 Å². The number of hydrogen-bond donors (Lipinski definition) is 0. The fraction of sp³-hybridized carbons (Fsp3) is 0.625. The van der Waals surface area contributed by atoms with E-state index in [9.17, 15) is 8.78 Å². The van der Waals surface area contributed by atoms with E-state index in [0.717, 1.165) is 11.8 Å². The molecule has 1 aromatic carbocycles. The molecule has 19 heavy (non-hydrogen) atoms. The maximum Gasteiger partial charge on any atom is 0.128 e. The summed E-state index contributed by atoms with van der Waals surface area (Å²) in [6.07, 6.45) is 3.98. The Hall–Kier alpha value is -0.630. The van der Waals surface area contributed by atoms with E-state index >= 15 is 0 Å². The van der Waals surface area contributed by atoms with Gasteiger partial charge in [-0.3, -0.25) is 0 Å². The van der Waals surface area contributed by atoms with Gasteiger partial charge in [-0.15, -0.1) is 11.6 Å². The molecule has 3 aliphatic rings. The Balaban J connectivity index is 1.62. The van der Waals surface area contributed by atoms with Gasteiger partial charge in [-0.1, -0.05) is 0 Å². The molecule has 0 heterocycles. The highest BCUT2D eigenvalue weighted by molar-refractivity contribution is 6.21. The molecule has 3 fully saturated rings. The van der Waals surface area contributed by atoms with E-state index in [1.54, 1.807) is 6.92 Å². The predicted octanol–water partition coefficient (Wildman–Crippen LogP) is 4.85. The molecule has 0 aromatic heterocycles. The van der Waals surface area contributed by atoms with Crippen molar-refractivity contribution in [2.45, 2.75) is 31.6 Å². The molecule has 0 amide bonds. The topological polar surface area (TPSA) is 0 Å². The first-order chi connectivity index (χ1) is 9.08. The van der Waals surface area contributed by atoms with Crippen molar-refractivity contribution in [1.82, 2.24) is 0 Å². The van der Waals surface area contributed by atoms with Crippen LogP contribution in [0.5, 0.6) is 0 Å². The lowest BCUT2D eigenvalue weighted by molar-refractivity contribution is 0.448. The van der Waals surface area contributed by atoms with Crippen molar-refractivity contribution in [3.63, 3.8) is 0 Å². The van der Waals surface area contributed by atoms with Crippen LogP contribution in [0.15, 0.2) is 12.1 Å². The van der Waals surface area contributed by atoms with Gasteiger partial charge in [-0.05, 0) is 73.5 Å². The van der Waals surface area contributed by atoms with Crippen molar-refractivity contribution in [1.29, 1.82) is 0 Å². The molecule has 0 saturated heterocycles. The zero-order chi connectivity index (χ0) is 13.3. The number of hydrogen-bond acceptors (Lipinski definition) is 0. The smallest absolute Gasteiger partial charge is 0.128 e. The maximum absolute atomic E-state index is 14.0. The van der Waals surface area contributed by atoms with Gasteiger partial charge in [0.15, 0.2) is 0 Å². The Morgan fingerprint density at radius 2 is 1.74 bits per heavy atom. The highest BCUT2D eigenvalue weighted by Gasteiger charge is 2.66. The van der Waals surface area contributed by atoms with Crippen LogP contribution in [0.4, 0.5) is 8.78 Å². The highest BCUT2D eigenvalue weighted by Crippen LogP contribution is 2.73. The normalized spacial score (nSPS) is 40.3. The van der Waals surface area contributed by atoms with Crippen LogP contribution in [-0.4, -0.2) is 0 Å². The van der Waals surface area contributed by atoms with Crippen LogP contribution in [-0.2, 0) is 0 Å². The second kappa shape index (κ2) is 3.94. The molecule has 3 saturated carbocycles. The number of aryl methyl sites for hydroxylation is 1. The van der Waals surface area contributed by atoms with Gasteiger partial charge in [0.1, 0.15) is 11.6 Å². The lowest BCUT2D eigenvalue weighted by Crippen LogP contribution is -2.07. The lowest BCUT2D eigenvalue weighted by Gasteiger charge is -2.16. The van der Waals surface area contributed by atoms with Gasteiger partial charge in [0.25, 0.3) is 0 Å². The van der Waals surface area contributed by atoms with Crippen molar-refractivity contribution in [3.8, 4) is 0 Å². The standard InChI is InChI=1S/C16H17ClF2/c1-7-4-12(19)10(6-11(7)18)16(17)15-13-8-2-3-9(5-8)14(13)15/h4,6,8-9,13-16H,2-3,5H2,1H3. The minimum absolute atomic E-state index is 0.348. The molecule has 0 aliphatic heterocycles. The molecule has 3 aliphatic carbocycles. The lowest BCUT2D eigenvalue weighted by atomic mass is 9.96. The molecular formula is C16H17ClF2. The molecule has 5 unspecified atom stereocenters. The monoisotopic (exact) mass is 282 g/mol. The predicted molar refractivity (Wildman–Crippen MR) is 71.0 cm³/mol. The summed E-state index contributed by atoms with van der Waals surface area (Å²) in [5, 5.41) is -0.353. The molecule has 2 bridgehead atoms. The SMILES string of the molecule is Cc1cc(F)c(C(Cl)C2C3C4CCC(C4)C32)cc1F. The van der Waals surface area contributed by atoms with E-state index in [-0.39, 0.29) is 17.0 Å². The molecule has 5 atom stereocenters. The van der Waals surface area contributed by atoms with Crippen LogP contribution in [0.1, 0.15) is 35.8 Å². The van der Waals surface area contributed by atoms with Gasteiger partial charge in [0.05, 0.1) is 5.38 Å². The zero-order valence-corrected chi connectivity index (χ0v) is 11.6. The minimum atomic E-state index is -0.353. The van der Waals surface area contributed by atoms with Gasteiger partial charge in [0.2, 0.25) is 0 Å². The second-order valence-corrected chi connectivity index (χ2v) is 7.06. The van der Waals surface area contributed by atoms with Crippen LogP contribution >= 0.6 is 11.6 Å². The van der Waals surface area contributed by atoms with Gasteiger partial charge >= 0.3 is 0 Å². The first-order valence-corrected chi connectivity index (χ1v) is 7.61. The van der Waals surface area contributed by atoms with E-state index in [2.05, 4.69) is 0 Å². The third-order valence-electron chi connectivity index (χ3n) is 5.71. The van der Waals surface area contributed by atoms with Gasteiger partial charge in [-0.2, -0.15) is 0 Å². The summed E-state index contributed by atoms with van der Waals surface area (Å²) < 4.78 is 27.6. The fourth-order valence-corrected chi connectivity index (χ4v) is 5.37. The molecule has 0 N–H and O–H groups in total. The van der Waals surface area contributed by atoms with Crippen molar-refractivity contribution < 1.29 is 8.78 Å². The number of benzene rings is 1. The Kier molecular flexibility index (Phi) is 2.52. The van der Waals surface area contributed by atoms with Crippen molar-refractivity contribution in [2.75, 3.05) is 0 Å². The fourth-order valence-electron chi connectivity index (χ4n) is 4.86. The third kappa shape index (κ3) is 1.62. The van der Waals surface area contributed by atoms with E-state index < -0.39 is 0 Å². The first kappa shape index (κ1) is 12.1. The summed E-state index contributed by atoms with van der Waals surface area (Å²) in [6, 6.07) is 2.57. The third-order valence-corrected chi connectivity index (χ3v) is 6.23. The summed E-state index contributed by atoms with van der Waals surface area (Å²) in [4.78, 5) is 0. The summed E-state index contributed by atoms with van der Waals surface area (Å²) in [5.74, 6) is 2.66. The van der Waals surface area contributed by atoms with E-state index in [1.807, 2.05) is 0 Å². The number of halogens is 3. The molecule has 1 aromatic rings. The van der Waals surface area contributed by atoms with Crippen molar-refractivity contribution >= 4 is 11.6 Å². The molecule has 102 valence electrons. The Labute approximate surface area is 117 Å². The Bertz CT molecular complexity index is 526. The molecule has 0 radical (unpaired) electrons. The van der Waals surface area contributed by atoms with Gasteiger partial charge < -0.3 is 0 Å². The number of rotatable bonds is 2. The molecular weight excluding hydrogens is 266 g/mol. The Morgan fingerprint density at radius 3 is 2.37 bits per heavy atom. The first-order valence-electron chi connectivity index (χ1n) is 7.17. The molecule has 0 nitrogen and oxygen atoms in total. The maximum atomic E-state index is 14.0. The minimum Gasteiger partial charge on any atom is -0.207 e. The summed E-state index contributed by atoms with van der Waals surface area (Å²) in [7, 11) is 0. The van der Waals surface area contributed by atoms with Crippen LogP contribution in [0.3, 0.4) is 0 Å². The highest BCUT2D eigenvalue weighted by atomic mass is 35.5. The van der Waals surface area contributed by atoms with E-state index in [0.29, 0.717) is 28.9 Å².